The van der Waals surface area contributed by atoms with E-state index in [9.17, 15) is 19.5 Å². The minimum atomic E-state index is -4.55. The summed E-state index contributed by atoms with van der Waals surface area (Å²) in [4.78, 5) is 19.2. The Morgan fingerprint density at radius 1 is 0.629 bits per heavy atom. The summed E-state index contributed by atoms with van der Waals surface area (Å²) in [5, 5.41) is 8.65. The molecule has 5 nitrogen and oxygen atoms in total. The molecule has 0 radical (unpaired) electrons. The summed E-state index contributed by atoms with van der Waals surface area (Å²) in [6, 6.07) is 0. The molecule has 0 spiro atoms. The number of nitrogens with zero attached hydrogens (tertiary/aromatic N) is 1. The van der Waals surface area contributed by atoms with Crippen molar-refractivity contribution in [1.82, 2.24) is 0 Å². The van der Waals surface area contributed by atoms with Gasteiger partial charge in [-0.1, -0.05) is 89.0 Å². The fraction of sp³-hybridized carbons (Fsp3) is 0.862. The summed E-state index contributed by atoms with van der Waals surface area (Å²) in [6.45, 7) is 2.32. The summed E-state index contributed by atoms with van der Waals surface area (Å²) in [7, 11) is 0.969. The molecule has 1 unspecified atom stereocenters. The van der Waals surface area contributed by atoms with E-state index in [0.717, 1.165) is 19.3 Å². The standard InChI is InChI=1S/C29H58NO4P/c1-5-6-7-8-9-10-11-12-13-14-15-16-17-18-19-20-21-22-23-24-25-26-27-29(31,35(32,33)34)28-30(2,3)4/h10-11,17-18,31H,5-9,12-16,19-28H2,1-4H3,(H-,32,33,34)/p+1/b11-10-,18-17-. The number of allylic oxidation sites excluding steroid dienone is 4. The molecule has 0 rings (SSSR count). The van der Waals surface area contributed by atoms with E-state index in [2.05, 4.69) is 31.2 Å². The lowest BCUT2D eigenvalue weighted by Gasteiger charge is -2.35. The van der Waals surface area contributed by atoms with E-state index in [1.54, 1.807) is 0 Å². The monoisotopic (exact) mass is 516 g/mol. The molecule has 0 aliphatic heterocycles. The van der Waals surface area contributed by atoms with Crippen molar-refractivity contribution in [3.63, 3.8) is 0 Å². The zero-order valence-electron chi connectivity index (χ0n) is 23.6. The first-order valence-corrected chi connectivity index (χ1v) is 16.0. The average Bonchev–Trinajstić information content (AvgIpc) is 2.75. The van der Waals surface area contributed by atoms with Crippen LogP contribution in [0.2, 0.25) is 0 Å². The molecule has 0 heterocycles. The van der Waals surface area contributed by atoms with Crippen LogP contribution < -0.4 is 0 Å². The second-order valence-electron chi connectivity index (χ2n) is 11.4. The molecule has 0 amide bonds. The molecule has 0 aromatic rings. The second kappa shape index (κ2) is 20.6. The van der Waals surface area contributed by atoms with Gasteiger partial charge in [0, 0.05) is 0 Å². The van der Waals surface area contributed by atoms with E-state index in [-0.39, 0.29) is 13.0 Å². The van der Waals surface area contributed by atoms with Crippen LogP contribution in [0.3, 0.4) is 0 Å². The van der Waals surface area contributed by atoms with Gasteiger partial charge in [-0.25, -0.2) is 0 Å². The van der Waals surface area contributed by atoms with Gasteiger partial charge >= 0.3 is 7.60 Å². The number of likely N-dealkylation sites (N-methyl/N-ethyl adjacent to an activating group) is 1. The molecule has 1 atom stereocenters. The lowest BCUT2D eigenvalue weighted by atomic mass is 10.0. The van der Waals surface area contributed by atoms with Gasteiger partial charge in [0.25, 0.3) is 0 Å². The number of quaternary nitrogens is 1. The molecular formula is C29H59NO4P+. The molecule has 3 N–H and O–H groups in total. The van der Waals surface area contributed by atoms with Crippen molar-refractivity contribution < 1.29 is 23.9 Å². The average molecular weight is 517 g/mol. The molecule has 208 valence electrons. The topological polar surface area (TPSA) is 77.8 Å². The molecule has 0 saturated heterocycles. The van der Waals surface area contributed by atoms with Crippen LogP contribution in [-0.2, 0) is 4.57 Å². The predicted octanol–water partition coefficient (Wildman–Crippen LogP) is 8.10. The summed E-state index contributed by atoms with van der Waals surface area (Å²) in [5.41, 5.74) is 0. The Morgan fingerprint density at radius 3 is 1.34 bits per heavy atom. The molecule has 0 fully saturated rings. The van der Waals surface area contributed by atoms with Gasteiger partial charge in [-0.2, -0.15) is 0 Å². The van der Waals surface area contributed by atoms with E-state index < -0.39 is 12.9 Å². The highest BCUT2D eigenvalue weighted by Gasteiger charge is 2.48. The lowest BCUT2D eigenvalue weighted by Crippen LogP contribution is -2.49. The van der Waals surface area contributed by atoms with E-state index in [1.807, 2.05) is 21.1 Å². The van der Waals surface area contributed by atoms with Crippen molar-refractivity contribution in [3.05, 3.63) is 24.3 Å². The fourth-order valence-electron chi connectivity index (χ4n) is 4.49. The molecule has 0 saturated carbocycles. The summed E-state index contributed by atoms with van der Waals surface area (Å²) in [6.07, 6.45) is 31.3. The van der Waals surface area contributed by atoms with E-state index in [4.69, 9.17) is 0 Å². The van der Waals surface area contributed by atoms with Gasteiger partial charge in [-0.15, -0.1) is 0 Å². The van der Waals surface area contributed by atoms with Crippen molar-refractivity contribution in [3.8, 4) is 0 Å². The Balaban J connectivity index is 3.58. The van der Waals surface area contributed by atoms with Gasteiger partial charge in [-0.3, -0.25) is 4.57 Å². The minimum absolute atomic E-state index is 0.0569. The largest absolute Gasteiger partial charge is 0.373 e. The summed E-state index contributed by atoms with van der Waals surface area (Å²) < 4.78 is 12.1. The van der Waals surface area contributed by atoms with E-state index >= 15 is 0 Å². The molecule has 0 aromatic carbocycles. The van der Waals surface area contributed by atoms with Crippen molar-refractivity contribution in [1.29, 1.82) is 0 Å². The van der Waals surface area contributed by atoms with Crippen LogP contribution >= 0.6 is 7.60 Å². The Kier molecular flexibility index (Phi) is 20.3. The molecule has 0 aliphatic carbocycles. The van der Waals surface area contributed by atoms with Crippen LogP contribution in [0.15, 0.2) is 24.3 Å². The number of rotatable bonds is 24. The predicted molar refractivity (Wildman–Crippen MR) is 152 cm³/mol. The first-order chi connectivity index (χ1) is 16.5. The van der Waals surface area contributed by atoms with Crippen molar-refractivity contribution in [2.24, 2.45) is 0 Å². The van der Waals surface area contributed by atoms with Crippen LogP contribution in [0, 0.1) is 0 Å². The zero-order chi connectivity index (χ0) is 26.5. The molecule has 0 aliphatic rings. The minimum Gasteiger partial charge on any atom is -0.373 e. The Morgan fingerprint density at radius 2 is 0.971 bits per heavy atom. The van der Waals surface area contributed by atoms with Gasteiger partial charge in [-0.05, 0) is 64.2 Å². The van der Waals surface area contributed by atoms with Gasteiger partial charge in [0.15, 0.2) is 0 Å². The Labute approximate surface area is 217 Å². The molecular weight excluding hydrogens is 457 g/mol. The van der Waals surface area contributed by atoms with Gasteiger partial charge in [0.2, 0.25) is 5.34 Å². The van der Waals surface area contributed by atoms with Crippen molar-refractivity contribution in [2.75, 3.05) is 27.7 Å². The smallest absolute Gasteiger partial charge is 0.362 e. The highest BCUT2D eigenvalue weighted by molar-refractivity contribution is 7.53. The maximum absolute atomic E-state index is 11.8. The van der Waals surface area contributed by atoms with Crippen molar-refractivity contribution in [2.45, 2.75) is 134 Å². The van der Waals surface area contributed by atoms with Gasteiger partial charge < -0.3 is 19.4 Å². The third-order valence-corrected chi connectivity index (χ3v) is 7.97. The maximum atomic E-state index is 11.8. The number of hydrogen-bond acceptors (Lipinski definition) is 2. The van der Waals surface area contributed by atoms with Gasteiger partial charge in [0.05, 0.1) is 21.1 Å². The Bertz CT molecular complexity index is 594. The SMILES string of the molecule is CCCCCC/C=C\CCCCC/C=C\CCCCCCCCCC(O)(C[N+](C)(C)C)P(=O)(O)O. The highest BCUT2D eigenvalue weighted by atomic mass is 31.2. The molecule has 0 bridgehead atoms. The molecule has 0 aromatic heterocycles. The number of unbranched alkanes of at least 4 members (excludes halogenated alkanes) is 15. The third-order valence-electron chi connectivity index (χ3n) is 6.52. The zero-order valence-corrected chi connectivity index (χ0v) is 24.5. The normalized spacial score (nSPS) is 14.8. The molecule has 6 heteroatoms. The first-order valence-electron chi connectivity index (χ1n) is 14.4. The van der Waals surface area contributed by atoms with E-state index in [1.165, 1.54) is 89.9 Å². The first kappa shape index (κ1) is 34.6. The number of hydrogen-bond donors (Lipinski definition) is 3. The van der Waals surface area contributed by atoms with Crippen LogP contribution in [0.1, 0.15) is 129 Å². The summed E-state index contributed by atoms with van der Waals surface area (Å²) >= 11 is 0. The second-order valence-corrected chi connectivity index (χ2v) is 13.3. The third kappa shape index (κ3) is 21.4. The van der Waals surface area contributed by atoms with Crippen molar-refractivity contribution >= 4 is 7.60 Å². The summed E-state index contributed by atoms with van der Waals surface area (Å²) in [5.74, 6) is 0. The Hall–Kier alpha value is -0.450. The van der Waals surface area contributed by atoms with Gasteiger partial charge in [0.1, 0.15) is 6.54 Å². The van der Waals surface area contributed by atoms with E-state index in [0.29, 0.717) is 10.9 Å². The van der Waals surface area contributed by atoms with Crippen LogP contribution in [0.5, 0.6) is 0 Å². The quantitative estimate of drug-likeness (QED) is 0.0524. The fourth-order valence-corrected chi connectivity index (χ4v) is 5.55. The highest BCUT2D eigenvalue weighted by Crippen LogP contribution is 2.52. The molecule has 35 heavy (non-hydrogen) atoms. The van der Waals surface area contributed by atoms with Crippen LogP contribution in [0.25, 0.3) is 0 Å². The number of aliphatic hydroxyl groups is 1. The maximum Gasteiger partial charge on any atom is 0.362 e. The lowest BCUT2D eigenvalue weighted by molar-refractivity contribution is -0.875. The van der Waals surface area contributed by atoms with Crippen LogP contribution in [0.4, 0.5) is 0 Å². The van der Waals surface area contributed by atoms with Crippen LogP contribution in [-0.4, -0.2) is 52.4 Å².